The monoisotopic (exact) mass is 241 g/mol. The highest BCUT2D eigenvalue weighted by molar-refractivity contribution is 5.53. The topological polar surface area (TPSA) is 61.0 Å². The van der Waals surface area contributed by atoms with Crippen LogP contribution in [0.15, 0.2) is 30.5 Å². The van der Waals surface area contributed by atoms with E-state index in [9.17, 15) is 5.11 Å². The average Bonchev–Trinajstić information content (AvgIpc) is 2.69. The Morgan fingerprint density at radius 2 is 2.17 bits per heavy atom. The number of aryl methyl sites for hydroxylation is 2. The van der Waals surface area contributed by atoms with Crippen molar-refractivity contribution in [2.75, 3.05) is 5.32 Å². The molecule has 0 radical (unpaired) electrons. The van der Waals surface area contributed by atoms with Gasteiger partial charge in [0.1, 0.15) is 17.5 Å². The minimum atomic E-state index is 0.268. The summed E-state index contributed by atoms with van der Waals surface area (Å²) in [5.41, 5.74) is 3.68. The molecule has 0 unspecified atom stereocenters. The molecule has 0 fully saturated rings. The summed E-state index contributed by atoms with van der Waals surface area (Å²) < 4.78 is 1.81. The molecule has 0 bridgehead atoms. The third-order valence-electron chi connectivity index (χ3n) is 2.87. The van der Waals surface area contributed by atoms with E-state index in [1.165, 1.54) is 0 Å². The second-order valence-corrected chi connectivity index (χ2v) is 4.31. The van der Waals surface area contributed by atoms with Crippen molar-refractivity contribution in [2.24, 2.45) is 7.05 Å². The van der Waals surface area contributed by atoms with Crippen LogP contribution in [-0.2, 0) is 13.6 Å². The van der Waals surface area contributed by atoms with Gasteiger partial charge in [-0.1, -0.05) is 0 Å². The van der Waals surface area contributed by atoms with Gasteiger partial charge < -0.3 is 15.0 Å². The number of hydrogen-bond acceptors (Lipinski definition) is 3. The Bertz CT molecular complexity index is 608. The molecule has 0 aliphatic carbocycles. The van der Waals surface area contributed by atoms with Gasteiger partial charge in [0.05, 0.1) is 0 Å². The van der Waals surface area contributed by atoms with Gasteiger partial charge in [-0.3, -0.25) is 0 Å². The molecule has 2 aromatic rings. The number of rotatable bonds is 3. The van der Waals surface area contributed by atoms with E-state index in [4.69, 9.17) is 5.26 Å². The maximum Gasteiger partial charge on any atom is 0.120 e. The van der Waals surface area contributed by atoms with Crippen molar-refractivity contribution >= 4 is 5.69 Å². The summed E-state index contributed by atoms with van der Waals surface area (Å²) >= 11 is 0. The molecule has 1 heterocycles. The van der Waals surface area contributed by atoms with Gasteiger partial charge in [-0.05, 0) is 42.3 Å². The van der Waals surface area contributed by atoms with Gasteiger partial charge in [0, 0.05) is 25.5 Å². The number of aromatic nitrogens is 1. The normalized spacial score (nSPS) is 10.1. The molecule has 0 saturated carbocycles. The molecule has 2 rings (SSSR count). The van der Waals surface area contributed by atoms with Crippen LogP contribution >= 0.6 is 0 Å². The van der Waals surface area contributed by atoms with Crippen molar-refractivity contribution in [3.63, 3.8) is 0 Å². The molecule has 0 aliphatic rings. The number of anilines is 1. The highest BCUT2D eigenvalue weighted by Crippen LogP contribution is 2.20. The first-order valence-corrected chi connectivity index (χ1v) is 5.69. The van der Waals surface area contributed by atoms with E-state index in [0.717, 1.165) is 16.8 Å². The van der Waals surface area contributed by atoms with Crippen LogP contribution in [-0.4, -0.2) is 9.67 Å². The van der Waals surface area contributed by atoms with Gasteiger partial charge in [-0.25, -0.2) is 0 Å². The summed E-state index contributed by atoms with van der Waals surface area (Å²) in [6.45, 7) is 2.59. The Hall–Kier alpha value is -2.41. The first-order valence-electron chi connectivity index (χ1n) is 5.69. The van der Waals surface area contributed by atoms with Crippen molar-refractivity contribution in [2.45, 2.75) is 13.5 Å². The molecule has 92 valence electrons. The zero-order valence-electron chi connectivity index (χ0n) is 10.4. The quantitative estimate of drug-likeness (QED) is 0.812. The fourth-order valence-corrected chi connectivity index (χ4v) is 1.88. The molecule has 4 heteroatoms. The maximum absolute atomic E-state index is 9.33. The number of benzene rings is 1. The van der Waals surface area contributed by atoms with Crippen molar-refractivity contribution in [3.05, 3.63) is 47.3 Å². The van der Waals surface area contributed by atoms with Crippen LogP contribution in [0.5, 0.6) is 5.75 Å². The second-order valence-electron chi connectivity index (χ2n) is 4.31. The Labute approximate surface area is 106 Å². The van der Waals surface area contributed by atoms with Crippen LogP contribution in [0, 0.1) is 18.3 Å². The molecule has 1 aromatic carbocycles. The van der Waals surface area contributed by atoms with Crippen LogP contribution in [0.1, 0.15) is 16.8 Å². The molecule has 0 saturated heterocycles. The van der Waals surface area contributed by atoms with Crippen molar-refractivity contribution in [3.8, 4) is 11.8 Å². The molecule has 18 heavy (non-hydrogen) atoms. The first-order chi connectivity index (χ1) is 8.60. The van der Waals surface area contributed by atoms with Gasteiger partial charge in [-0.15, -0.1) is 0 Å². The van der Waals surface area contributed by atoms with Crippen LogP contribution in [0.3, 0.4) is 0 Å². The first kappa shape index (κ1) is 12.1. The van der Waals surface area contributed by atoms with Gasteiger partial charge in [0.25, 0.3) is 0 Å². The zero-order chi connectivity index (χ0) is 13.1. The van der Waals surface area contributed by atoms with E-state index in [1.54, 1.807) is 16.7 Å². The molecular weight excluding hydrogens is 226 g/mol. The van der Waals surface area contributed by atoms with Crippen molar-refractivity contribution in [1.29, 1.82) is 5.26 Å². The molecule has 0 aliphatic heterocycles. The molecule has 0 spiro atoms. The molecule has 0 atom stereocenters. The maximum atomic E-state index is 9.33. The summed E-state index contributed by atoms with van der Waals surface area (Å²) in [4.78, 5) is 0. The second kappa shape index (κ2) is 4.84. The number of hydrogen-bond donors (Lipinski definition) is 2. The molecule has 2 N–H and O–H groups in total. The number of phenols is 1. The highest BCUT2D eigenvalue weighted by Gasteiger charge is 2.03. The number of nitrogens with one attached hydrogen (secondary N) is 1. The lowest BCUT2D eigenvalue weighted by Crippen LogP contribution is -1.99. The van der Waals surface area contributed by atoms with Crippen LogP contribution in [0.2, 0.25) is 0 Å². The fraction of sp³-hybridized carbons (Fsp3) is 0.214. The molecule has 4 nitrogen and oxygen atoms in total. The number of nitriles is 1. The van der Waals surface area contributed by atoms with E-state index < -0.39 is 0 Å². The summed E-state index contributed by atoms with van der Waals surface area (Å²) in [5.74, 6) is 0.268. The summed E-state index contributed by atoms with van der Waals surface area (Å²) in [6.07, 6.45) is 1.93. The van der Waals surface area contributed by atoms with Crippen LogP contribution in [0.25, 0.3) is 0 Å². The summed E-state index contributed by atoms with van der Waals surface area (Å²) in [6, 6.07) is 9.21. The SMILES string of the molecule is Cc1cc(O)ccc1NCc1cc(C#N)n(C)c1. The van der Waals surface area contributed by atoms with E-state index in [2.05, 4.69) is 11.4 Å². The smallest absolute Gasteiger partial charge is 0.120 e. The Morgan fingerprint density at radius 3 is 2.78 bits per heavy atom. The van der Waals surface area contributed by atoms with E-state index in [1.807, 2.05) is 32.3 Å². The lowest BCUT2D eigenvalue weighted by atomic mass is 10.2. The van der Waals surface area contributed by atoms with Crippen LogP contribution in [0.4, 0.5) is 5.69 Å². The number of phenolic OH excluding ortho intramolecular Hbond substituents is 1. The van der Waals surface area contributed by atoms with Crippen LogP contribution < -0.4 is 5.32 Å². The highest BCUT2D eigenvalue weighted by atomic mass is 16.3. The van der Waals surface area contributed by atoms with Gasteiger partial charge in [0.15, 0.2) is 0 Å². The lowest BCUT2D eigenvalue weighted by molar-refractivity contribution is 0.475. The molecule has 0 amide bonds. The summed E-state index contributed by atoms with van der Waals surface area (Å²) in [5, 5.41) is 21.5. The number of nitrogens with zero attached hydrogens (tertiary/aromatic N) is 2. The Balaban J connectivity index is 2.09. The lowest BCUT2D eigenvalue weighted by Gasteiger charge is -2.08. The van der Waals surface area contributed by atoms with Crippen molar-refractivity contribution in [1.82, 2.24) is 4.57 Å². The number of aromatic hydroxyl groups is 1. The Morgan fingerprint density at radius 1 is 1.39 bits per heavy atom. The van der Waals surface area contributed by atoms with Crippen molar-refractivity contribution < 1.29 is 5.11 Å². The molecule has 1 aromatic heterocycles. The zero-order valence-corrected chi connectivity index (χ0v) is 10.4. The Kier molecular flexibility index (Phi) is 3.24. The molecular formula is C14H15N3O. The predicted molar refractivity (Wildman–Crippen MR) is 70.3 cm³/mol. The largest absolute Gasteiger partial charge is 0.508 e. The van der Waals surface area contributed by atoms with E-state index in [0.29, 0.717) is 12.2 Å². The minimum absolute atomic E-state index is 0.268. The van der Waals surface area contributed by atoms with Gasteiger partial charge >= 0.3 is 0 Å². The standard InChI is InChI=1S/C14H15N3O/c1-10-5-13(18)3-4-14(10)16-8-11-6-12(7-15)17(2)9-11/h3-6,9,16,18H,8H2,1-2H3. The summed E-state index contributed by atoms with van der Waals surface area (Å²) in [7, 11) is 1.86. The van der Waals surface area contributed by atoms with Gasteiger partial charge in [-0.2, -0.15) is 5.26 Å². The average molecular weight is 241 g/mol. The van der Waals surface area contributed by atoms with E-state index in [-0.39, 0.29) is 5.75 Å². The third kappa shape index (κ3) is 2.46. The van der Waals surface area contributed by atoms with E-state index >= 15 is 0 Å². The van der Waals surface area contributed by atoms with Gasteiger partial charge in [0.2, 0.25) is 0 Å². The minimum Gasteiger partial charge on any atom is -0.508 e. The fourth-order valence-electron chi connectivity index (χ4n) is 1.88. The third-order valence-corrected chi connectivity index (χ3v) is 2.87. The predicted octanol–water partition coefficient (Wildman–Crippen LogP) is 2.52.